The summed E-state index contributed by atoms with van der Waals surface area (Å²) in [4.78, 5) is 10.8. The molecule has 0 aromatic heterocycles. The maximum Gasteiger partial charge on any atom is 0.412 e. The van der Waals surface area contributed by atoms with Gasteiger partial charge >= 0.3 is 12.1 Å². The van der Waals surface area contributed by atoms with E-state index in [2.05, 4.69) is 4.74 Å². The van der Waals surface area contributed by atoms with E-state index >= 15 is 0 Å². The monoisotopic (exact) mass is 208 g/mol. The number of ether oxygens (including phenoxy) is 1. The summed E-state index contributed by atoms with van der Waals surface area (Å²) in [5.74, 6) is -0.551. The first-order valence-electron chi connectivity index (χ1n) is 4.32. The fourth-order valence-electron chi connectivity index (χ4n) is 0.785. The number of hydrogen-bond acceptors (Lipinski definition) is 2. The zero-order valence-corrected chi connectivity index (χ0v) is 7.73. The number of esters is 1. The molecule has 0 spiro atoms. The van der Waals surface area contributed by atoms with Crippen LogP contribution in [0.15, 0.2) is 11.6 Å². The Balaban J connectivity index is 2.36. The Morgan fingerprint density at radius 2 is 2.07 bits per heavy atom. The molecule has 1 aliphatic carbocycles. The standard InChI is InChI=1S/C9H11F3O2/c1-6(9(10,11)12)4-8(13)14-5-7-2-3-7/h4,7H,2-3,5H2,1H3/b6-4+. The largest absolute Gasteiger partial charge is 0.462 e. The van der Waals surface area contributed by atoms with Gasteiger partial charge in [-0.15, -0.1) is 0 Å². The van der Waals surface area contributed by atoms with Gasteiger partial charge in [-0.25, -0.2) is 4.79 Å². The predicted octanol–water partition coefficient (Wildman–Crippen LogP) is 2.45. The van der Waals surface area contributed by atoms with E-state index in [1.54, 1.807) is 0 Å². The average molecular weight is 208 g/mol. The van der Waals surface area contributed by atoms with Gasteiger partial charge in [0.15, 0.2) is 0 Å². The van der Waals surface area contributed by atoms with Crippen molar-refractivity contribution >= 4 is 5.97 Å². The molecule has 0 saturated heterocycles. The minimum absolute atomic E-state index is 0.237. The molecule has 14 heavy (non-hydrogen) atoms. The highest BCUT2D eigenvalue weighted by molar-refractivity contribution is 5.82. The van der Waals surface area contributed by atoms with Crippen LogP contribution in [-0.4, -0.2) is 18.8 Å². The van der Waals surface area contributed by atoms with Crippen molar-refractivity contribution in [3.8, 4) is 0 Å². The van der Waals surface area contributed by atoms with Crippen molar-refractivity contribution in [1.29, 1.82) is 0 Å². The fourth-order valence-corrected chi connectivity index (χ4v) is 0.785. The first kappa shape index (κ1) is 11.1. The van der Waals surface area contributed by atoms with Crippen LogP contribution < -0.4 is 0 Å². The molecular formula is C9H11F3O2. The molecule has 0 amide bonds. The molecule has 0 aromatic carbocycles. The van der Waals surface area contributed by atoms with Crippen LogP contribution in [0.4, 0.5) is 13.2 Å². The van der Waals surface area contributed by atoms with Gasteiger partial charge in [-0.3, -0.25) is 0 Å². The van der Waals surface area contributed by atoms with Gasteiger partial charge in [-0.05, 0) is 25.7 Å². The Morgan fingerprint density at radius 3 is 2.50 bits per heavy atom. The lowest BCUT2D eigenvalue weighted by atomic mass is 10.3. The average Bonchev–Trinajstić information content (AvgIpc) is 2.81. The molecule has 5 heteroatoms. The molecular weight excluding hydrogens is 197 g/mol. The lowest BCUT2D eigenvalue weighted by Crippen LogP contribution is -2.12. The quantitative estimate of drug-likeness (QED) is 0.526. The summed E-state index contributed by atoms with van der Waals surface area (Å²) >= 11 is 0. The number of halogens is 3. The molecule has 80 valence electrons. The molecule has 0 N–H and O–H groups in total. The van der Waals surface area contributed by atoms with Gasteiger partial charge in [-0.1, -0.05) is 0 Å². The first-order valence-corrected chi connectivity index (χ1v) is 4.32. The summed E-state index contributed by atoms with van der Waals surface area (Å²) in [6.07, 6.45) is -1.97. The predicted molar refractivity (Wildman–Crippen MR) is 43.5 cm³/mol. The van der Waals surface area contributed by atoms with E-state index in [0.717, 1.165) is 19.8 Å². The maximum absolute atomic E-state index is 11.9. The molecule has 1 saturated carbocycles. The second-order valence-electron chi connectivity index (χ2n) is 3.40. The molecule has 0 heterocycles. The molecule has 0 aromatic rings. The number of alkyl halides is 3. The number of carbonyl (C=O) groups is 1. The van der Waals surface area contributed by atoms with E-state index in [-0.39, 0.29) is 6.61 Å². The Labute approximate surface area is 79.7 Å². The highest BCUT2D eigenvalue weighted by Gasteiger charge is 2.31. The minimum atomic E-state index is -4.45. The van der Waals surface area contributed by atoms with Crippen molar-refractivity contribution in [2.75, 3.05) is 6.61 Å². The molecule has 1 fully saturated rings. The van der Waals surface area contributed by atoms with Gasteiger partial charge in [0, 0.05) is 11.6 Å². The van der Waals surface area contributed by atoms with Gasteiger partial charge in [0.2, 0.25) is 0 Å². The zero-order valence-electron chi connectivity index (χ0n) is 7.73. The number of hydrogen-bond donors (Lipinski definition) is 0. The minimum Gasteiger partial charge on any atom is -0.462 e. The molecule has 0 atom stereocenters. The number of carbonyl (C=O) groups excluding carboxylic acids is 1. The molecule has 0 bridgehead atoms. The van der Waals surface area contributed by atoms with Crippen LogP contribution >= 0.6 is 0 Å². The van der Waals surface area contributed by atoms with E-state index in [1.807, 2.05) is 0 Å². The molecule has 0 radical (unpaired) electrons. The van der Waals surface area contributed by atoms with Crippen molar-refractivity contribution in [3.63, 3.8) is 0 Å². The normalized spacial score (nSPS) is 18.1. The molecule has 2 nitrogen and oxygen atoms in total. The van der Waals surface area contributed by atoms with Crippen molar-refractivity contribution < 1.29 is 22.7 Å². The summed E-state index contributed by atoms with van der Waals surface area (Å²) < 4.78 is 40.5. The summed E-state index contributed by atoms with van der Waals surface area (Å²) in [5.41, 5.74) is -0.932. The van der Waals surface area contributed by atoms with E-state index in [9.17, 15) is 18.0 Å². The lowest BCUT2D eigenvalue weighted by Gasteiger charge is -2.05. The summed E-state index contributed by atoms with van der Waals surface area (Å²) in [6.45, 7) is 1.08. The lowest BCUT2D eigenvalue weighted by molar-refractivity contribution is -0.139. The summed E-state index contributed by atoms with van der Waals surface area (Å²) in [6, 6.07) is 0. The van der Waals surface area contributed by atoms with Gasteiger partial charge in [0.05, 0.1) is 6.61 Å². The van der Waals surface area contributed by atoms with Crippen molar-refractivity contribution in [3.05, 3.63) is 11.6 Å². The third-order valence-corrected chi connectivity index (χ3v) is 1.94. The van der Waals surface area contributed by atoms with Gasteiger partial charge < -0.3 is 4.74 Å². The van der Waals surface area contributed by atoms with Gasteiger partial charge in [0.1, 0.15) is 0 Å². The Morgan fingerprint density at radius 1 is 1.50 bits per heavy atom. The SMILES string of the molecule is C/C(=C\C(=O)OCC1CC1)C(F)(F)F. The molecule has 1 rings (SSSR count). The molecule has 1 aliphatic rings. The summed E-state index contributed by atoms with van der Waals surface area (Å²) in [5, 5.41) is 0. The van der Waals surface area contributed by atoms with Crippen LogP contribution in [0.2, 0.25) is 0 Å². The Kier molecular flexibility index (Phi) is 3.18. The van der Waals surface area contributed by atoms with Crippen molar-refractivity contribution in [2.45, 2.75) is 25.9 Å². The third-order valence-electron chi connectivity index (χ3n) is 1.94. The van der Waals surface area contributed by atoms with E-state index in [4.69, 9.17) is 0 Å². The smallest absolute Gasteiger partial charge is 0.412 e. The van der Waals surface area contributed by atoms with Crippen LogP contribution in [0.5, 0.6) is 0 Å². The third kappa shape index (κ3) is 3.81. The first-order chi connectivity index (χ1) is 6.39. The number of allylic oxidation sites excluding steroid dienone is 1. The van der Waals surface area contributed by atoms with Gasteiger partial charge in [-0.2, -0.15) is 13.2 Å². The highest BCUT2D eigenvalue weighted by atomic mass is 19.4. The van der Waals surface area contributed by atoms with E-state index in [0.29, 0.717) is 12.0 Å². The highest BCUT2D eigenvalue weighted by Crippen LogP contribution is 2.29. The van der Waals surface area contributed by atoms with Crippen LogP contribution in [0.1, 0.15) is 19.8 Å². The fraction of sp³-hybridized carbons (Fsp3) is 0.667. The zero-order chi connectivity index (χ0) is 10.8. The van der Waals surface area contributed by atoms with Crippen LogP contribution in [0.3, 0.4) is 0 Å². The second kappa shape index (κ2) is 4.02. The molecule has 0 aliphatic heterocycles. The maximum atomic E-state index is 11.9. The number of rotatable bonds is 3. The van der Waals surface area contributed by atoms with Crippen molar-refractivity contribution in [2.24, 2.45) is 5.92 Å². The molecule has 0 unspecified atom stereocenters. The van der Waals surface area contributed by atoms with Crippen LogP contribution in [0, 0.1) is 5.92 Å². The summed E-state index contributed by atoms with van der Waals surface area (Å²) in [7, 11) is 0. The van der Waals surface area contributed by atoms with Gasteiger partial charge in [0.25, 0.3) is 0 Å². The second-order valence-corrected chi connectivity index (χ2v) is 3.40. The van der Waals surface area contributed by atoms with Crippen LogP contribution in [0.25, 0.3) is 0 Å². The topological polar surface area (TPSA) is 26.3 Å². The Bertz CT molecular complexity index is 251. The van der Waals surface area contributed by atoms with Crippen molar-refractivity contribution in [1.82, 2.24) is 0 Å². The van der Waals surface area contributed by atoms with E-state index < -0.39 is 17.7 Å². The van der Waals surface area contributed by atoms with E-state index in [1.165, 1.54) is 0 Å². The van der Waals surface area contributed by atoms with Crippen LogP contribution in [-0.2, 0) is 9.53 Å². The Hall–Kier alpha value is -1.00.